The van der Waals surface area contributed by atoms with Gasteiger partial charge in [-0.2, -0.15) is 5.10 Å². The van der Waals surface area contributed by atoms with E-state index in [-0.39, 0.29) is 16.8 Å². The molecular formula is C11H13BrN4O2S. The Morgan fingerprint density at radius 1 is 1.37 bits per heavy atom. The van der Waals surface area contributed by atoms with Crippen LogP contribution < -0.4 is 10.5 Å². The Labute approximate surface area is 119 Å². The zero-order valence-electron chi connectivity index (χ0n) is 10.1. The van der Waals surface area contributed by atoms with Gasteiger partial charge in [0.15, 0.2) is 0 Å². The zero-order valence-corrected chi connectivity index (χ0v) is 12.5. The number of rotatable bonds is 4. The van der Waals surface area contributed by atoms with Gasteiger partial charge in [-0.3, -0.25) is 5.10 Å². The van der Waals surface area contributed by atoms with Gasteiger partial charge in [-0.05, 0) is 24.6 Å². The Balaban J connectivity index is 2.21. The van der Waals surface area contributed by atoms with Crippen molar-refractivity contribution in [2.24, 2.45) is 0 Å². The molecule has 1 atom stereocenters. The summed E-state index contributed by atoms with van der Waals surface area (Å²) in [5.74, 6) is 0.0236. The van der Waals surface area contributed by atoms with E-state index in [0.717, 1.165) is 10.0 Å². The van der Waals surface area contributed by atoms with Crippen LogP contribution in [0.25, 0.3) is 0 Å². The Morgan fingerprint density at radius 2 is 2.00 bits per heavy atom. The Hall–Kier alpha value is -1.38. The molecule has 0 unspecified atom stereocenters. The normalized spacial score (nSPS) is 13.4. The largest absolute Gasteiger partial charge is 0.383 e. The molecule has 102 valence electrons. The molecule has 0 fully saturated rings. The van der Waals surface area contributed by atoms with Gasteiger partial charge < -0.3 is 5.73 Å². The quantitative estimate of drug-likeness (QED) is 0.786. The first kappa shape index (κ1) is 14.0. The van der Waals surface area contributed by atoms with Crippen LogP contribution in [0.4, 0.5) is 5.82 Å². The van der Waals surface area contributed by atoms with Gasteiger partial charge in [-0.25, -0.2) is 13.1 Å². The summed E-state index contributed by atoms with van der Waals surface area (Å²) in [7, 11) is -3.69. The van der Waals surface area contributed by atoms with E-state index in [4.69, 9.17) is 5.73 Å². The average Bonchev–Trinajstić information content (AvgIpc) is 2.76. The topological polar surface area (TPSA) is 101 Å². The lowest BCUT2D eigenvalue weighted by molar-refractivity contribution is 0.567. The zero-order chi connectivity index (χ0) is 14.0. The number of aromatic nitrogens is 2. The van der Waals surface area contributed by atoms with Gasteiger partial charge in [0, 0.05) is 10.5 Å². The van der Waals surface area contributed by atoms with E-state index in [1.165, 1.54) is 6.20 Å². The van der Waals surface area contributed by atoms with E-state index in [1.807, 2.05) is 24.3 Å². The number of hydrogen-bond donors (Lipinski definition) is 3. The maximum absolute atomic E-state index is 12.1. The van der Waals surface area contributed by atoms with E-state index in [0.29, 0.717) is 0 Å². The van der Waals surface area contributed by atoms with E-state index in [2.05, 4.69) is 30.8 Å². The molecular weight excluding hydrogens is 332 g/mol. The number of aromatic amines is 1. The number of H-pyrrole nitrogens is 1. The predicted molar refractivity (Wildman–Crippen MR) is 75.9 cm³/mol. The van der Waals surface area contributed by atoms with Crippen molar-refractivity contribution in [1.82, 2.24) is 14.9 Å². The highest BCUT2D eigenvalue weighted by atomic mass is 79.9. The summed E-state index contributed by atoms with van der Waals surface area (Å²) >= 11 is 3.33. The molecule has 19 heavy (non-hydrogen) atoms. The Kier molecular flexibility index (Phi) is 3.93. The second-order valence-corrected chi connectivity index (χ2v) is 6.64. The van der Waals surface area contributed by atoms with E-state index >= 15 is 0 Å². The van der Waals surface area contributed by atoms with Gasteiger partial charge in [0.25, 0.3) is 0 Å². The summed E-state index contributed by atoms with van der Waals surface area (Å²) < 4.78 is 27.7. The van der Waals surface area contributed by atoms with Crippen LogP contribution in [0.2, 0.25) is 0 Å². The van der Waals surface area contributed by atoms with Gasteiger partial charge in [-0.1, -0.05) is 28.1 Å². The molecule has 8 heteroatoms. The van der Waals surface area contributed by atoms with Crippen LogP contribution in [0.3, 0.4) is 0 Å². The lowest BCUT2D eigenvalue weighted by Crippen LogP contribution is -2.27. The summed E-state index contributed by atoms with van der Waals surface area (Å²) in [5.41, 5.74) is 6.37. The molecule has 1 aromatic carbocycles. The third kappa shape index (κ3) is 3.14. The van der Waals surface area contributed by atoms with Gasteiger partial charge in [0.05, 0.1) is 6.20 Å². The molecule has 0 bridgehead atoms. The molecule has 0 saturated heterocycles. The molecule has 1 heterocycles. The second-order valence-electron chi connectivity index (χ2n) is 4.04. The van der Waals surface area contributed by atoms with Crippen molar-refractivity contribution in [3.63, 3.8) is 0 Å². The van der Waals surface area contributed by atoms with Crippen LogP contribution in [-0.4, -0.2) is 18.6 Å². The fourth-order valence-electron chi connectivity index (χ4n) is 1.61. The monoisotopic (exact) mass is 344 g/mol. The van der Waals surface area contributed by atoms with Crippen molar-refractivity contribution in [2.45, 2.75) is 17.9 Å². The number of anilines is 1. The van der Waals surface area contributed by atoms with E-state index in [1.54, 1.807) is 6.92 Å². The Morgan fingerprint density at radius 3 is 2.53 bits per heavy atom. The minimum Gasteiger partial charge on any atom is -0.383 e. The highest BCUT2D eigenvalue weighted by molar-refractivity contribution is 9.10. The fraction of sp³-hybridized carbons (Fsp3) is 0.182. The molecule has 0 aliphatic carbocycles. The number of nitrogens with one attached hydrogen (secondary N) is 2. The lowest BCUT2D eigenvalue weighted by Gasteiger charge is -2.14. The minimum absolute atomic E-state index is 0.0236. The van der Waals surface area contributed by atoms with Crippen molar-refractivity contribution in [2.75, 3.05) is 5.73 Å². The number of benzene rings is 1. The predicted octanol–water partition coefficient (Wildman–Crippen LogP) is 1.79. The summed E-state index contributed by atoms with van der Waals surface area (Å²) in [6.07, 6.45) is 1.19. The first-order valence-corrected chi connectivity index (χ1v) is 7.74. The molecule has 0 aliphatic heterocycles. The third-order valence-electron chi connectivity index (χ3n) is 2.62. The number of sulfonamides is 1. The maximum Gasteiger partial charge on any atom is 0.246 e. The van der Waals surface area contributed by atoms with Crippen LogP contribution in [-0.2, 0) is 10.0 Å². The van der Waals surface area contributed by atoms with Gasteiger partial charge in [0.1, 0.15) is 10.7 Å². The summed E-state index contributed by atoms with van der Waals surface area (Å²) in [6.45, 7) is 1.76. The average molecular weight is 345 g/mol. The first-order valence-electron chi connectivity index (χ1n) is 5.47. The molecule has 2 aromatic rings. The van der Waals surface area contributed by atoms with Crippen molar-refractivity contribution < 1.29 is 8.42 Å². The van der Waals surface area contributed by atoms with Crippen LogP contribution in [0.1, 0.15) is 18.5 Å². The van der Waals surface area contributed by atoms with Crippen molar-refractivity contribution in [3.8, 4) is 0 Å². The highest BCUT2D eigenvalue weighted by Crippen LogP contribution is 2.20. The van der Waals surface area contributed by atoms with Crippen molar-refractivity contribution >= 4 is 31.8 Å². The van der Waals surface area contributed by atoms with E-state index < -0.39 is 10.0 Å². The standard InChI is InChI=1S/C11H13BrN4O2S/c1-7(8-2-4-9(12)5-3-8)16-19(17,18)10-6-14-15-11(10)13/h2-7,16H,1H3,(H3,13,14,15)/t7-/m0/s1. The second kappa shape index (κ2) is 5.32. The molecule has 2 rings (SSSR count). The Bertz CT molecular complexity index is 666. The molecule has 4 N–H and O–H groups in total. The van der Waals surface area contributed by atoms with Gasteiger partial charge in [-0.15, -0.1) is 0 Å². The van der Waals surface area contributed by atoms with Crippen molar-refractivity contribution in [1.29, 1.82) is 0 Å². The third-order valence-corrected chi connectivity index (χ3v) is 4.72. The molecule has 0 aliphatic rings. The minimum atomic E-state index is -3.69. The number of nitrogens with two attached hydrogens (primary N) is 1. The summed E-state index contributed by atoms with van der Waals surface area (Å²) in [4.78, 5) is -0.0449. The first-order chi connectivity index (χ1) is 8.90. The van der Waals surface area contributed by atoms with Crippen LogP contribution in [0, 0.1) is 0 Å². The molecule has 1 aromatic heterocycles. The molecule has 0 spiro atoms. The summed E-state index contributed by atoms with van der Waals surface area (Å²) in [5, 5.41) is 6.00. The fourth-order valence-corrected chi connectivity index (χ4v) is 3.13. The lowest BCUT2D eigenvalue weighted by atomic mass is 10.1. The van der Waals surface area contributed by atoms with Crippen LogP contribution in [0.15, 0.2) is 39.8 Å². The maximum atomic E-state index is 12.1. The molecule has 0 saturated carbocycles. The van der Waals surface area contributed by atoms with Crippen LogP contribution >= 0.6 is 15.9 Å². The number of nitrogens with zero attached hydrogens (tertiary/aromatic N) is 1. The van der Waals surface area contributed by atoms with E-state index in [9.17, 15) is 8.42 Å². The molecule has 6 nitrogen and oxygen atoms in total. The smallest absolute Gasteiger partial charge is 0.246 e. The highest BCUT2D eigenvalue weighted by Gasteiger charge is 2.22. The van der Waals surface area contributed by atoms with Gasteiger partial charge >= 0.3 is 0 Å². The SMILES string of the molecule is C[C@H](NS(=O)(=O)c1cn[nH]c1N)c1ccc(Br)cc1. The number of hydrogen-bond acceptors (Lipinski definition) is 4. The van der Waals surface area contributed by atoms with Crippen LogP contribution in [0.5, 0.6) is 0 Å². The number of nitrogen functional groups attached to an aromatic ring is 1. The van der Waals surface area contributed by atoms with Crippen molar-refractivity contribution in [3.05, 3.63) is 40.5 Å². The molecule has 0 radical (unpaired) electrons. The van der Waals surface area contributed by atoms with Gasteiger partial charge in [0.2, 0.25) is 10.0 Å². The number of halogens is 1. The molecule has 0 amide bonds. The summed E-state index contributed by atoms with van der Waals surface area (Å²) in [6, 6.07) is 7.03.